The van der Waals surface area contributed by atoms with Gasteiger partial charge in [0.15, 0.2) is 0 Å². The maximum absolute atomic E-state index is 12.7. The molecule has 4 rings (SSSR count). The Hall–Kier alpha value is -2.03. The summed E-state index contributed by atoms with van der Waals surface area (Å²) in [6.45, 7) is 0.821. The second kappa shape index (κ2) is 6.12. The molecule has 3 heterocycles. The third kappa shape index (κ3) is 2.77. The lowest BCUT2D eigenvalue weighted by Gasteiger charge is -2.15. The summed E-state index contributed by atoms with van der Waals surface area (Å²) in [5.74, 6) is 0.929. The Morgan fingerprint density at radius 2 is 1.96 bits per heavy atom. The van der Waals surface area contributed by atoms with Crippen molar-refractivity contribution in [2.24, 2.45) is 0 Å². The van der Waals surface area contributed by atoms with Crippen molar-refractivity contribution in [3.8, 4) is 10.8 Å². The van der Waals surface area contributed by atoms with Crippen LogP contribution in [0.2, 0.25) is 0 Å². The van der Waals surface area contributed by atoms with Crippen molar-refractivity contribution in [2.75, 3.05) is 13.1 Å². The number of thiophene rings is 1. The van der Waals surface area contributed by atoms with Gasteiger partial charge in [-0.1, -0.05) is 24.3 Å². The van der Waals surface area contributed by atoms with Gasteiger partial charge >= 0.3 is 0 Å². The maximum atomic E-state index is 12.7. The highest BCUT2D eigenvalue weighted by Crippen LogP contribution is 2.32. The lowest BCUT2D eigenvalue weighted by molar-refractivity contribution is 0.440. The normalized spacial score (nSPS) is 18.9. The Balaban J connectivity index is 1.53. The Labute approximate surface area is 143 Å². The van der Waals surface area contributed by atoms with Crippen LogP contribution in [0.4, 0.5) is 0 Å². The van der Waals surface area contributed by atoms with Gasteiger partial charge in [-0.25, -0.2) is 8.42 Å². The van der Waals surface area contributed by atoms with Crippen molar-refractivity contribution in [2.45, 2.75) is 17.2 Å². The molecule has 0 aliphatic carbocycles. The molecule has 1 saturated heterocycles. The number of hydrogen-bond acceptors (Lipinski definition) is 6. The van der Waals surface area contributed by atoms with Gasteiger partial charge in [0.25, 0.3) is 5.89 Å². The first-order valence-corrected chi connectivity index (χ1v) is 9.89. The van der Waals surface area contributed by atoms with Crippen LogP contribution >= 0.6 is 11.3 Å². The summed E-state index contributed by atoms with van der Waals surface area (Å²) >= 11 is 1.53. The molecular formula is C16H15N3O3S2. The fourth-order valence-electron chi connectivity index (χ4n) is 2.79. The van der Waals surface area contributed by atoms with Crippen molar-refractivity contribution in [1.29, 1.82) is 0 Å². The average Bonchev–Trinajstić information content (AvgIpc) is 3.34. The second-order valence-electron chi connectivity index (χ2n) is 5.58. The van der Waals surface area contributed by atoms with Crippen LogP contribution in [-0.2, 0) is 10.0 Å². The van der Waals surface area contributed by atoms with Crippen LogP contribution in [0.3, 0.4) is 0 Å². The van der Waals surface area contributed by atoms with Crippen molar-refractivity contribution in [3.05, 3.63) is 53.7 Å². The molecule has 0 amide bonds. The summed E-state index contributed by atoms with van der Waals surface area (Å²) in [6.07, 6.45) is 0.679. The van der Waals surface area contributed by atoms with E-state index in [1.165, 1.54) is 15.6 Å². The molecule has 6 nitrogen and oxygen atoms in total. The van der Waals surface area contributed by atoms with E-state index in [1.54, 1.807) is 30.3 Å². The SMILES string of the molecule is O=S(=O)(c1ccccc1)N1CCC(c2nnc(-c3cccs3)o2)C1. The van der Waals surface area contributed by atoms with E-state index < -0.39 is 10.0 Å². The molecule has 0 spiro atoms. The summed E-state index contributed by atoms with van der Waals surface area (Å²) < 4.78 is 32.6. The molecule has 124 valence electrons. The van der Waals surface area contributed by atoms with Crippen LogP contribution in [0.25, 0.3) is 10.8 Å². The van der Waals surface area contributed by atoms with Crippen LogP contribution in [0.1, 0.15) is 18.2 Å². The van der Waals surface area contributed by atoms with Gasteiger partial charge in [-0.05, 0) is 30.0 Å². The van der Waals surface area contributed by atoms with Crippen molar-refractivity contribution >= 4 is 21.4 Å². The highest BCUT2D eigenvalue weighted by Gasteiger charge is 2.35. The molecule has 24 heavy (non-hydrogen) atoms. The lowest BCUT2D eigenvalue weighted by Crippen LogP contribution is -2.28. The third-order valence-electron chi connectivity index (χ3n) is 4.05. The van der Waals surface area contributed by atoms with Crippen molar-refractivity contribution < 1.29 is 12.8 Å². The van der Waals surface area contributed by atoms with Gasteiger partial charge in [-0.15, -0.1) is 21.5 Å². The Kier molecular flexibility index (Phi) is 3.95. The zero-order chi connectivity index (χ0) is 16.6. The molecule has 0 saturated carbocycles. The fraction of sp³-hybridized carbons (Fsp3) is 0.250. The molecule has 2 aromatic heterocycles. The zero-order valence-corrected chi connectivity index (χ0v) is 14.3. The monoisotopic (exact) mass is 361 g/mol. The third-order valence-corrected chi connectivity index (χ3v) is 6.79. The van der Waals surface area contributed by atoms with Crippen LogP contribution in [0, 0.1) is 0 Å². The average molecular weight is 361 g/mol. The van der Waals surface area contributed by atoms with E-state index in [1.807, 2.05) is 17.5 Å². The first-order chi connectivity index (χ1) is 11.6. The van der Waals surface area contributed by atoms with Gasteiger partial charge < -0.3 is 4.42 Å². The molecule has 1 atom stereocenters. The largest absolute Gasteiger partial charge is 0.420 e. The number of hydrogen-bond donors (Lipinski definition) is 0. The standard InChI is InChI=1S/C16H15N3O3S2/c20-24(21,13-5-2-1-3-6-13)19-9-8-12(11-19)15-17-18-16(22-15)14-7-4-10-23-14/h1-7,10,12H,8-9,11H2. The van der Waals surface area contributed by atoms with Crippen molar-refractivity contribution in [1.82, 2.24) is 14.5 Å². The predicted molar refractivity (Wildman–Crippen MR) is 90.2 cm³/mol. The first kappa shape index (κ1) is 15.5. The molecule has 8 heteroatoms. The van der Waals surface area contributed by atoms with Gasteiger partial charge in [0.1, 0.15) is 0 Å². The van der Waals surface area contributed by atoms with Gasteiger partial charge in [0.05, 0.1) is 15.7 Å². The summed E-state index contributed by atoms with van der Waals surface area (Å²) in [7, 11) is -3.47. The van der Waals surface area contributed by atoms with Gasteiger partial charge in [0, 0.05) is 13.1 Å². The van der Waals surface area contributed by atoms with Gasteiger partial charge in [-0.2, -0.15) is 4.31 Å². The smallest absolute Gasteiger partial charge is 0.257 e. The molecular weight excluding hydrogens is 346 g/mol. The number of benzene rings is 1. The van der Waals surface area contributed by atoms with Crippen molar-refractivity contribution in [3.63, 3.8) is 0 Å². The highest BCUT2D eigenvalue weighted by molar-refractivity contribution is 7.89. The lowest BCUT2D eigenvalue weighted by atomic mass is 10.1. The number of nitrogens with zero attached hydrogens (tertiary/aromatic N) is 3. The molecule has 0 N–H and O–H groups in total. The molecule has 1 aliphatic heterocycles. The number of rotatable bonds is 4. The predicted octanol–water partition coefficient (Wildman–Crippen LogP) is 2.98. The zero-order valence-electron chi connectivity index (χ0n) is 12.7. The van der Waals surface area contributed by atoms with Gasteiger partial charge in [-0.3, -0.25) is 0 Å². The summed E-state index contributed by atoms with van der Waals surface area (Å²) in [4.78, 5) is 1.23. The summed E-state index contributed by atoms with van der Waals surface area (Å²) in [5.41, 5.74) is 0. The first-order valence-electron chi connectivity index (χ1n) is 7.57. The minimum Gasteiger partial charge on any atom is -0.420 e. The molecule has 0 bridgehead atoms. The van der Waals surface area contributed by atoms with Crippen LogP contribution < -0.4 is 0 Å². The Morgan fingerprint density at radius 3 is 2.71 bits per heavy atom. The quantitative estimate of drug-likeness (QED) is 0.714. The fourth-order valence-corrected chi connectivity index (χ4v) is 4.95. The highest BCUT2D eigenvalue weighted by atomic mass is 32.2. The summed E-state index contributed by atoms with van der Waals surface area (Å²) in [5, 5.41) is 10.1. The summed E-state index contributed by atoms with van der Waals surface area (Å²) in [6, 6.07) is 12.3. The van der Waals surface area contributed by atoms with Crippen LogP contribution in [0.5, 0.6) is 0 Å². The van der Waals surface area contributed by atoms with E-state index in [-0.39, 0.29) is 5.92 Å². The van der Waals surface area contributed by atoms with E-state index in [2.05, 4.69) is 10.2 Å². The Bertz CT molecular complexity index is 921. The van der Waals surface area contributed by atoms with E-state index in [4.69, 9.17) is 4.42 Å². The number of aromatic nitrogens is 2. The minimum atomic E-state index is -3.47. The molecule has 1 fully saturated rings. The second-order valence-corrected chi connectivity index (χ2v) is 8.47. The molecule has 0 radical (unpaired) electrons. The number of sulfonamides is 1. The van der Waals surface area contributed by atoms with E-state index in [9.17, 15) is 8.42 Å². The molecule has 1 unspecified atom stereocenters. The van der Waals surface area contributed by atoms with E-state index in [0.717, 1.165) is 4.88 Å². The molecule has 1 aromatic carbocycles. The van der Waals surface area contributed by atoms with Crippen LogP contribution in [-0.4, -0.2) is 36.0 Å². The van der Waals surface area contributed by atoms with E-state index in [0.29, 0.717) is 36.2 Å². The molecule has 1 aliphatic rings. The molecule has 3 aromatic rings. The Morgan fingerprint density at radius 1 is 1.12 bits per heavy atom. The van der Waals surface area contributed by atoms with Gasteiger partial charge in [0.2, 0.25) is 15.9 Å². The maximum Gasteiger partial charge on any atom is 0.257 e. The van der Waals surface area contributed by atoms with E-state index >= 15 is 0 Å². The minimum absolute atomic E-state index is 0.0651. The topological polar surface area (TPSA) is 76.3 Å². The van der Waals surface area contributed by atoms with Crippen LogP contribution in [0.15, 0.2) is 57.2 Å².